The predicted octanol–water partition coefficient (Wildman–Crippen LogP) is 3.34. The number of carbonyl (C=O) groups is 1. The van der Waals surface area contributed by atoms with Crippen LogP contribution in [0.5, 0.6) is 0 Å². The molecule has 4 rings (SSSR count). The summed E-state index contributed by atoms with van der Waals surface area (Å²) in [6.07, 6.45) is 3.99. The van der Waals surface area contributed by atoms with E-state index in [9.17, 15) is 18.4 Å². The summed E-state index contributed by atoms with van der Waals surface area (Å²) in [7, 11) is 0. The van der Waals surface area contributed by atoms with Crippen molar-refractivity contribution in [3.05, 3.63) is 51.3 Å². The second-order valence-corrected chi connectivity index (χ2v) is 7.51. The number of fused-ring (bicyclic) bond motifs is 1. The molecule has 0 bridgehead atoms. The van der Waals surface area contributed by atoms with Gasteiger partial charge in [-0.2, -0.15) is 0 Å². The Morgan fingerprint density at radius 1 is 1.16 bits per heavy atom. The van der Waals surface area contributed by atoms with Crippen LogP contribution in [0.25, 0.3) is 0 Å². The number of benzene rings is 1. The predicted molar refractivity (Wildman–Crippen MR) is 91.8 cm³/mol. The number of hydrogen-bond acceptors (Lipinski definition) is 3. The van der Waals surface area contributed by atoms with Gasteiger partial charge < -0.3 is 5.32 Å². The van der Waals surface area contributed by atoms with Gasteiger partial charge in [0.05, 0.1) is 22.6 Å². The molecule has 0 unspecified atom stereocenters. The fourth-order valence-corrected chi connectivity index (χ4v) is 4.79. The van der Waals surface area contributed by atoms with Crippen LogP contribution < -0.4 is 10.9 Å². The normalized spacial score (nSPS) is 21.0. The number of hydrogen-bond donors (Lipinski definition) is 2. The summed E-state index contributed by atoms with van der Waals surface area (Å²) in [5.41, 5.74) is 0.192. The highest BCUT2D eigenvalue weighted by molar-refractivity contribution is 8.00. The largest absolute Gasteiger partial charge is 0.310 e. The number of anilines is 1. The smallest absolute Gasteiger partial charge is 0.270 e. The van der Waals surface area contributed by atoms with Gasteiger partial charge in [-0.25, -0.2) is 8.78 Å². The number of halogens is 2. The van der Waals surface area contributed by atoms with Crippen molar-refractivity contribution in [3.8, 4) is 0 Å². The van der Waals surface area contributed by atoms with Crippen molar-refractivity contribution in [3.63, 3.8) is 0 Å². The molecule has 25 heavy (non-hydrogen) atoms. The average Bonchev–Trinajstić information content (AvgIpc) is 3.15. The molecule has 0 spiro atoms. The zero-order valence-electron chi connectivity index (χ0n) is 13.4. The number of amides is 1. The molecule has 2 aliphatic rings. The third kappa shape index (κ3) is 2.88. The number of carbonyl (C=O) groups excluding carboxylic acids is 1. The number of nitrogens with zero attached hydrogens (tertiary/aromatic N) is 1. The van der Waals surface area contributed by atoms with Gasteiger partial charge in [-0.1, -0.05) is 18.9 Å². The van der Waals surface area contributed by atoms with Crippen LogP contribution in [-0.2, 0) is 4.79 Å². The molecule has 0 radical (unpaired) electrons. The van der Waals surface area contributed by atoms with Crippen LogP contribution >= 0.6 is 11.8 Å². The van der Waals surface area contributed by atoms with Crippen molar-refractivity contribution in [2.24, 2.45) is 0 Å². The maximum Gasteiger partial charge on any atom is 0.270 e. The summed E-state index contributed by atoms with van der Waals surface area (Å²) in [6.45, 7) is 0. The second kappa shape index (κ2) is 6.33. The fraction of sp³-hybridized carbons (Fsp3) is 0.412. The van der Waals surface area contributed by atoms with Crippen molar-refractivity contribution in [2.45, 2.75) is 37.0 Å². The van der Waals surface area contributed by atoms with Gasteiger partial charge in [-0.05, 0) is 18.9 Å². The van der Waals surface area contributed by atoms with E-state index in [4.69, 9.17) is 0 Å². The van der Waals surface area contributed by atoms with E-state index >= 15 is 0 Å². The van der Waals surface area contributed by atoms with E-state index in [0.29, 0.717) is 11.4 Å². The molecule has 1 fully saturated rings. The van der Waals surface area contributed by atoms with Crippen LogP contribution in [0.4, 0.5) is 14.6 Å². The van der Waals surface area contributed by atoms with Crippen molar-refractivity contribution in [2.75, 3.05) is 11.1 Å². The highest BCUT2D eigenvalue weighted by Gasteiger charge is 2.34. The van der Waals surface area contributed by atoms with Gasteiger partial charge in [0.25, 0.3) is 5.56 Å². The van der Waals surface area contributed by atoms with E-state index < -0.39 is 16.9 Å². The Balaban J connectivity index is 1.86. The molecule has 1 amide bonds. The molecule has 1 aromatic heterocycles. The molecule has 1 atom stereocenters. The van der Waals surface area contributed by atoms with E-state index in [-0.39, 0.29) is 28.8 Å². The minimum atomic E-state index is -0.717. The zero-order chi connectivity index (χ0) is 17.6. The monoisotopic (exact) mass is 365 g/mol. The van der Waals surface area contributed by atoms with Crippen molar-refractivity contribution in [1.29, 1.82) is 0 Å². The first-order chi connectivity index (χ1) is 12.0. The van der Waals surface area contributed by atoms with Gasteiger partial charge in [-0.15, -0.1) is 11.8 Å². The van der Waals surface area contributed by atoms with Crippen molar-refractivity contribution < 1.29 is 13.6 Å². The second-order valence-electron chi connectivity index (χ2n) is 6.42. The number of aromatic nitrogens is 2. The number of thioether (sulfide) groups is 1. The van der Waals surface area contributed by atoms with Crippen LogP contribution in [0.2, 0.25) is 0 Å². The Bertz CT molecular complexity index is 887. The Morgan fingerprint density at radius 2 is 1.92 bits per heavy atom. The maximum atomic E-state index is 14.3. The van der Waals surface area contributed by atoms with E-state index in [1.807, 2.05) is 0 Å². The van der Waals surface area contributed by atoms with Crippen molar-refractivity contribution >= 4 is 23.5 Å². The van der Waals surface area contributed by atoms with Gasteiger partial charge in [0.1, 0.15) is 17.5 Å². The van der Waals surface area contributed by atoms with E-state index in [0.717, 1.165) is 31.7 Å². The minimum absolute atomic E-state index is 0.0975. The Hall–Kier alpha value is -2.09. The van der Waals surface area contributed by atoms with E-state index in [2.05, 4.69) is 10.4 Å². The lowest BCUT2D eigenvalue weighted by molar-refractivity contribution is -0.113. The van der Waals surface area contributed by atoms with E-state index in [1.165, 1.54) is 23.9 Å². The lowest BCUT2D eigenvalue weighted by atomic mass is 10.1. The van der Waals surface area contributed by atoms with Crippen LogP contribution in [0.3, 0.4) is 0 Å². The first-order valence-electron chi connectivity index (χ1n) is 8.25. The highest BCUT2D eigenvalue weighted by Crippen LogP contribution is 2.42. The topological polar surface area (TPSA) is 66.9 Å². The fourth-order valence-electron chi connectivity index (χ4n) is 3.64. The van der Waals surface area contributed by atoms with Crippen LogP contribution in [-0.4, -0.2) is 21.4 Å². The summed E-state index contributed by atoms with van der Waals surface area (Å²) in [5, 5.41) is 4.94. The van der Waals surface area contributed by atoms with Gasteiger partial charge >= 0.3 is 0 Å². The molecule has 1 saturated carbocycles. The first-order valence-corrected chi connectivity index (χ1v) is 9.30. The minimum Gasteiger partial charge on any atom is -0.310 e. The molecule has 8 heteroatoms. The number of rotatable bonds is 2. The summed E-state index contributed by atoms with van der Waals surface area (Å²) in [6, 6.07) is 3.44. The Kier molecular flexibility index (Phi) is 4.15. The molecule has 1 aromatic carbocycles. The zero-order valence-corrected chi connectivity index (χ0v) is 14.2. The average molecular weight is 365 g/mol. The number of nitrogens with one attached hydrogen (secondary N) is 2. The van der Waals surface area contributed by atoms with Crippen LogP contribution in [0.15, 0.2) is 23.0 Å². The van der Waals surface area contributed by atoms with Crippen LogP contribution in [0, 0.1) is 11.6 Å². The van der Waals surface area contributed by atoms with Gasteiger partial charge in [0.15, 0.2) is 0 Å². The molecular formula is C17H17F2N3O2S. The lowest BCUT2D eigenvalue weighted by Gasteiger charge is -2.17. The molecule has 2 aromatic rings. The molecular weight excluding hydrogens is 348 g/mol. The first kappa shape index (κ1) is 16.4. The van der Waals surface area contributed by atoms with Gasteiger partial charge in [0.2, 0.25) is 5.91 Å². The van der Waals surface area contributed by atoms with Crippen molar-refractivity contribution in [1.82, 2.24) is 9.78 Å². The highest BCUT2D eigenvalue weighted by atomic mass is 32.2. The number of H-pyrrole nitrogens is 1. The Morgan fingerprint density at radius 3 is 2.64 bits per heavy atom. The standard InChI is InChI=1S/C17H17F2N3O2S/c18-9-5-6-11(12(19)7-9)15-14-16(20-13(23)8-25-15)22(21-17(14)24)10-3-1-2-4-10/h5-7,10,15H,1-4,8H2,(H,20,23)(H,21,24)/t15-/m0/s1. The summed E-state index contributed by atoms with van der Waals surface area (Å²) < 4.78 is 29.3. The SMILES string of the molecule is O=C1CS[C@@H](c2ccc(F)cc2F)c2c(n(C3CCCC3)[nH]c2=O)N1. The molecule has 0 saturated heterocycles. The molecule has 1 aliphatic carbocycles. The Labute approximate surface area is 146 Å². The van der Waals surface area contributed by atoms with E-state index in [1.54, 1.807) is 4.68 Å². The third-order valence-electron chi connectivity index (χ3n) is 4.80. The molecule has 2 N–H and O–H groups in total. The maximum absolute atomic E-state index is 14.3. The lowest BCUT2D eigenvalue weighted by Crippen LogP contribution is -2.18. The molecule has 1 aliphatic heterocycles. The third-order valence-corrected chi connectivity index (χ3v) is 6.05. The molecule has 5 nitrogen and oxygen atoms in total. The quantitative estimate of drug-likeness (QED) is 0.858. The number of aromatic amines is 1. The van der Waals surface area contributed by atoms with Crippen LogP contribution in [0.1, 0.15) is 48.1 Å². The summed E-state index contributed by atoms with van der Waals surface area (Å²) in [4.78, 5) is 24.7. The van der Waals surface area contributed by atoms with Gasteiger partial charge in [0, 0.05) is 11.6 Å². The molecule has 2 heterocycles. The molecule has 132 valence electrons. The summed E-state index contributed by atoms with van der Waals surface area (Å²) in [5.74, 6) is -1.11. The summed E-state index contributed by atoms with van der Waals surface area (Å²) >= 11 is 1.17. The van der Waals surface area contributed by atoms with Gasteiger partial charge in [-0.3, -0.25) is 19.4 Å².